The summed E-state index contributed by atoms with van der Waals surface area (Å²) in [5.41, 5.74) is 1.03. The van der Waals surface area contributed by atoms with Crippen LogP contribution in [0, 0.1) is 10.1 Å². The molecule has 7 nitrogen and oxygen atoms in total. The van der Waals surface area contributed by atoms with Gasteiger partial charge in [0.2, 0.25) is 0 Å². The van der Waals surface area contributed by atoms with E-state index in [1.54, 1.807) is 14.2 Å². The van der Waals surface area contributed by atoms with Crippen LogP contribution in [-0.4, -0.2) is 31.9 Å². The predicted molar refractivity (Wildman–Crippen MR) is 96.0 cm³/mol. The Morgan fingerprint density at radius 3 is 2.52 bits per heavy atom. The van der Waals surface area contributed by atoms with E-state index in [-0.39, 0.29) is 17.0 Å². The van der Waals surface area contributed by atoms with Gasteiger partial charge < -0.3 is 14.6 Å². The second kappa shape index (κ2) is 8.48. The lowest BCUT2D eigenvalue weighted by atomic mass is 10.1. The zero-order valence-corrected chi connectivity index (χ0v) is 15.3. The van der Waals surface area contributed by atoms with E-state index in [4.69, 9.17) is 9.47 Å². The summed E-state index contributed by atoms with van der Waals surface area (Å²) in [6, 6.07) is 7.24. The molecule has 0 N–H and O–H groups in total. The van der Waals surface area contributed by atoms with Crippen LogP contribution in [0.2, 0.25) is 0 Å². The van der Waals surface area contributed by atoms with E-state index in [0.29, 0.717) is 24.5 Å². The molecule has 2 aromatic carbocycles. The van der Waals surface area contributed by atoms with Crippen LogP contribution in [0.1, 0.15) is 11.1 Å². The van der Waals surface area contributed by atoms with Crippen molar-refractivity contribution < 1.29 is 19.5 Å². The first-order chi connectivity index (χ1) is 12.0. The molecule has 2 rings (SSSR count). The van der Waals surface area contributed by atoms with Gasteiger partial charge in [0.25, 0.3) is 5.69 Å². The van der Waals surface area contributed by atoms with Crippen molar-refractivity contribution in [1.29, 1.82) is 0 Å². The average molecular weight is 408 g/mol. The summed E-state index contributed by atoms with van der Waals surface area (Å²) < 4.78 is 11.4. The molecule has 0 spiro atoms. The summed E-state index contributed by atoms with van der Waals surface area (Å²) in [5.74, 6) is 0.932. The third kappa shape index (κ3) is 4.69. The Bertz CT molecular complexity index is 808. The third-order valence-electron chi connectivity index (χ3n) is 3.50. The van der Waals surface area contributed by atoms with E-state index in [1.165, 1.54) is 24.4 Å². The van der Waals surface area contributed by atoms with Crippen LogP contribution in [0.15, 0.2) is 39.8 Å². The first-order valence-corrected chi connectivity index (χ1v) is 8.11. The van der Waals surface area contributed by atoms with Gasteiger partial charge in [0, 0.05) is 29.4 Å². The van der Waals surface area contributed by atoms with Crippen LogP contribution in [0.5, 0.6) is 17.2 Å². The van der Waals surface area contributed by atoms with Crippen molar-refractivity contribution in [2.45, 2.75) is 6.42 Å². The lowest BCUT2D eigenvalue weighted by Gasteiger charge is -2.11. The number of hydrogen-bond donors (Lipinski definition) is 0. The minimum absolute atomic E-state index is 0.135. The van der Waals surface area contributed by atoms with Gasteiger partial charge in [-0.05, 0) is 29.7 Å². The smallest absolute Gasteiger partial charge is 0.270 e. The second-order valence-corrected chi connectivity index (χ2v) is 5.92. The fraction of sp³-hybridized carbons (Fsp3) is 0.235. The van der Waals surface area contributed by atoms with Gasteiger partial charge in [-0.25, -0.2) is 0 Å². The first-order valence-electron chi connectivity index (χ1n) is 7.32. The van der Waals surface area contributed by atoms with E-state index in [9.17, 15) is 15.2 Å². The molecule has 0 aromatic heterocycles. The summed E-state index contributed by atoms with van der Waals surface area (Å²) in [4.78, 5) is 14.4. The van der Waals surface area contributed by atoms with Gasteiger partial charge in [0.05, 0.1) is 19.1 Å². The average Bonchev–Trinajstić information content (AvgIpc) is 2.60. The van der Waals surface area contributed by atoms with Gasteiger partial charge in [-0.2, -0.15) is 0 Å². The number of benzene rings is 2. The van der Waals surface area contributed by atoms with Crippen LogP contribution in [0.25, 0.3) is 0 Å². The minimum Gasteiger partial charge on any atom is -0.872 e. The molecule has 25 heavy (non-hydrogen) atoms. The standard InChI is InChI=1S/C17H17BrN2O5/c1-24-16-8-11(14(18)9-17(16)25-2)5-6-19-10-12-7-13(20(22)23)3-4-15(12)21/h3-4,7-10,21H,5-6H2,1-2H3/p-1. The topological polar surface area (TPSA) is 97.0 Å². The van der Waals surface area contributed by atoms with Gasteiger partial charge in [0.15, 0.2) is 11.5 Å². The van der Waals surface area contributed by atoms with Crippen LogP contribution < -0.4 is 14.6 Å². The zero-order chi connectivity index (χ0) is 18.4. The lowest BCUT2D eigenvalue weighted by molar-refractivity contribution is -0.385. The molecule has 132 valence electrons. The SMILES string of the molecule is COc1cc(Br)c(CCN=Cc2cc([N+](=O)[O-])ccc2[O-])cc1OC. The van der Waals surface area contributed by atoms with Crippen molar-refractivity contribution in [2.75, 3.05) is 20.8 Å². The summed E-state index contributed by atoms with van der Waals surface area (Å²) >= 11 is 3.47. The Morgan fingerprint density at radius 2 is 1.88 bits per heavy atom. The van der Waals surface area contributed by atoms with Gasteiger partial charge >= 0.3 is 0 Å². The molecule has 0 unspecified atom stereocenters. The summed E-state index contributed by atoms with van der Waals surface area (Å²) in [6.45, 7) is 0.413. The summed E-state index contributed by atoms with van der Waals surface area (Å²) in [5, 5.41) is 22.5. The molecule has 0 bridgehead atoms. The lowest BCUT2D eigenvalue weighted by Crippen LogP contribution is -1.99. The molecule has 0 aliphatic carbocycles. The third-order valence-corrected chi connectivity index (χ3v) is 4.24. The van der Waals surface area contributed by atoms with Crippen LogP contribution in [0.4, 0.5) is 5.69 Å². The minimum atomic E-state index is -0.544. The van der Waals surface area contributed by atoms with E-state index in [0.717, 1.165) is 10.0 Å². The number of aliphatic imine (C=N–C) groups is 1. The largest absolute Gasteiger partial charge is 0.872 e. The van der Waals surface area contributed by atoms with E-state index < -0.39 is 4.92 Å². The molecule has 8 heteroatoms. The zero-order valence-electron chi connectivity index (χ0n) is 13.7. The number of nitro benzene ring substituents is 1. The normalized spacial score (nSPS) is 10.8. The van der Waals surface area contributed by atoms with Crippen LogP contribution >= 0.6 is 15.9 Å². The number of nitro groups is 1. The molecule has 0 atom stereocenters. The highest BCUT2D eigenvalue weighted by atomic mass is 79.9. The summed E-state index contributed by atoms with van der Waals surface area (Å²) in [6.07, 6.45) is 1.96. The number of non-ortho nitro benzene ring substituents is 1. The number of halogens is 1. The first kappa shape index (κ1) is 18.7. The van der Waals surface area contributed by atoms with E-state index >= 15 is 0 Å². The fourth-order valence-electron chi connectivity index (χ4n) is 2.19. The number of hydrogen-bond acceptors (Lipinski definition) is 6. The van der Waals surface area contributed by atoms with Crippen molar-refractivity contribution >= 4 is 27.8 Å². The van der Waals surface area contributed by atoms with Crippen molar-refractivity contribution in [3.8, 4) is 17.2 Å². The summed E-state index contributed by atoms with van der Waals surface area (Å²) in [7, 11) is 3.12. The molecule has 0 radical (unpaired) electrons. The Balaban J connectivity index is 2.09. The van der Waals surface area contributed by atoms with Gasteiger partial charge in [-0.3, -0.25) is 15.1 Å². The Kier molecular flexibility index (Phi) is 6.35. The quantitative estimate of drug-likeness (QED) is 0.399. The molecule has 2 aromatic rings. The van der Waals surface area contributed by atoms with Crippen LogP contribution in [0.3, 0.4) is 0 Å². The van der Waals surface area contributed by atoms with Crippen molar-refractivity contribution in [3.05, 3.63) is 56.0 Å². The highest BCUT2D eigenvalue weighted by molar-refractivity contribution is 9.10. The monoisotopic (exact) mass is 407 g/mol. The molecule has 0 saturated carbocycles. The molecule has 0 fully saturated rings. The number of ether oxygens (including phenoxy) is 2. The van der Waals surface area contributed by atoms with E-state index in [2.05, 4.69) is 20.9 Å². The Hall–Kier alpha value is -2.61. The maximum Gasteiger partial charge on any atom is 0.270 e. The number of methoxy groups -OCH3 is 2. The molecular formula is C17H16BrN2O5-. The molecule has 0 aliphatic rings. The van der Waals surface area contributed by atoms with Gasteiger partial charge in [-0.15, -0.1) is 0 Å². The Morgan fingerprint density at radius 1 is 1.20 bits per heavy atom. The fourth-order valence-corrected chi connectivity index (χ4v) is 2.71. The van der Waals surface area contributed by atoms with Gasteiger partial charge in [-0.1, -0.05) is 27.7 Å². The highest BCUT2D eigenvalue weighted by Gasteiger charge is 2.09. The van der Waals surface area contributed by atoms with Crippen molar-refractivity contribution in [1.82, 2.24) is 0 Å². The second-order valence-electron chi connectivity index (χ2n) is 5.06. The molecule has 0 heterocycles. The maximum atomic E-state index is 11.7. The maximum absolute atomic E-state index is 11.7. The molecule has 0 amide bonds. The number of nitrogens with zero attached hydrogens (tertiary/aromatic N) is 2. The molecule has 0 saturated heterocycles. The molecular weight excluding hydrogens is 392 g/mol. The molecule has 0 aliphatic heterocycles. The Labute approximate surface area is 153 Å². The van der Waals surface area contributed by atoms with E-state index in [1.807, 2.05) is 12.1 Å². The van der Waals surface area contributed by atoms with Crippen molar-refractivity contribution in [2.24, 2.45) is 4.99 Å². The highest BCUT2D eigenvalue weighted by Crippen LogP contribution is 2.33. The predicted octanol–water partition coefficient (Wildman–Crippen LogP) is 3.11. The van der Waals surface area contributed by atoms with Gasteiger partial charge in [0.1, 0.15) is 0 Å². The van der Waals surface area contributed by atoms with Crippen LogP contribution in [-0.2, 0) is 6.42 Å². The number of rotatable bonds is 7. The van der Waals surface area contributed by atoms with Crippen molar-refractivity contribution in [3.63, 3.8) is 0 Å².